The lowest BCUT2D eigenvalue weighted by molar-refractivity contribution is 0.165. The molecular weight excluding hydrogens is 434 g/mol. The van der Waals surface area contributed by atoms with Gasteiger partial charge in [-0.3, -0.25) is 4.99 Å². The highest BCUT2D eigenvalue weighted by atomic mass is 32.2. The van der Waals surface area contributed by atoms with Crippen LogP contribution in [0.1, 0.15) is 48.8 Å². The summed E-state index contributed by atoms with van der Waals surface area (Å²) in [6.45, 7) is 7.67. The third kappa shape index (κ3) is 5.22. The third-order valence-corrected chi connectivity index (χ3v) is 8.10. The smallest absolute Gasteiger partial charge is 0.211 e. The molecule has 2 unspecified atom stereocenters. The number of ether oxygens (including phenoxy) is 1. The zero-order chi connectivity index (χ0) is 23.6. The molecule has 33 heavy (non-hydrogen) atoms. The average molecular weight is 470 g/mol. The van der Waals surface area contributed by atoms with Gasteiger partial charge in [0.05, 0.1) is 24.3 Å². The maximum Gasteiger partial charge on any atom is 0.211 e. The Balaban J connectivity index is 1.59. The molecule has 2 aromatic carbocycles. The highest BCUT2D eigenvalue weighted by molar-refractivity contribution is 7.88. The summed E-state index contributed by atoms with van der Waals surface area (Å²) in [7, 11) is -1.68. The fraction of sp³-hybridized carbons (Fsp3) is 0.500. The zero-order valence-corrected chi connectivity index (χ0v) is 20.9. The number of aliphatic imine (C=N–C) groups is 1. The van der Waals surface area contributed by atoms with Crippen LogP contribution < -0.4 is 0 Å². The first-order chi connectivity index (χ1) is 15.8. The lowest BCUT2D eigenvalue weighted by Crippen LogP contribution is -2.43. The third-order valence-electron chi connectivity index (χ3n) is 6.77. The van der Waals surface area contributed by atoms with E-state index in [9.17, 15) is 8.42 Å². The lowest BCUT2D eigenvalue weighted by Gasteiger charge is -2.27. The van der Waals surface area contributed by atoms with Crippen LogP contribution in [0.4, 0.5) is 5.69 Å². The molecule has 1 saturated heterocycles. The maximum atomic E-state index is 12.4. The maximum absolute atomic E-state index is 12.4. The molecule has 1 fully saturated rings. The number of sulfonamides is 1. The van der Waals surface area contributed by atoms with E-state index < -0.39 is 10.0 Å². The van der Waals surface area contributed by atoms with E-state index in [0.29, 0.717) is 19.1 Å². The number of benzene rings is 2. The molecule has 0 aromatic heterocycles. The Morgan fingerprint density at radius 1 is 1.15 bits per heavy atom. The Bertz CT molecular complexity index is 1100. The van der Waals surface area contributed by atoms with Gasteiger partial charge in [-0.15, -0.1) is 0 Å². The monoisotopic (exact) mass is 469 g/mol. The first kappa shape index (κ1) is 24.1. The molecule has 2 heterocycles. The molecule has 4 rings (SSSR count). The standard InChI is InChI=1S/C26H35N3O3S/c1-19(2)22-11-8-12-23-24(25(27-26(22)23)20-9-6-5-7-10-20)18-28-14-13-21(17-28)29(15-16-32-3)33(4,30)31/h5-12,19,21,24H,13-18H2,1-4H3. The van der Waals surface area contributed by atoms with Crippen LogP contribution in [0, 0.1) is 0 Å². The molecule has 0 N–H and O–H groups in total. The predicted octanol–water partition coefficient (Wildman–Crippen LogP) is 4.01. The largest absolute Gasteiger partial charge is 0.383 e. The van der Waals surface area contributed by atoms with Crippen molar-refractivity contribution in [3.63, 3.8) is 0 Å². The average Bonchev–Trinajstić information content (AvgIpc) is 3.39. The van der Waals surface area contributed by atoms with Gasteiger partial charge in [-0.2, -0.15) is 4.31 Å². The van der Waals surface area contributed by atoms with Gasteiger partial charge in [-0.25, -0.2) is 8.42 Å². The minimum absolute atomic E-state index is 0.0184. The molecule has 7 heteroatoms. The summed E-state index contributed by atoms with van der Waals surface area (Å²) in [4.78, 5) is 7.57. The van der Waals surface area contributed by atoms with Crippen molar-refractivity contribution >= 4 is 21.4 Å². The van der Waals surface area contributed by atoms with Crippen LogP contribution in [0.5, 0.6) is 0 Å². The van der Waals surface area contributed by atoms with Crippen molar-refractivity contribution in [2.45, 2.75) is 38.1 Å². The number of hydrogen-bond acceptors (Lipinski definition) is 5. The van der Waals surface area contributed by atoms with E-state index >= 15 is 0 Å². The molecule has 178 valence electrons. The molecule has 0 aliphatic carbocycles. The van der Waals surface area contributed by atoms with Gasteiger partial charge in [0.2, 0.25) is 10.0 Å². The van der Waals surface area contributed by atoms with E-state index in [2.05, 4.69) is 61.2 Å². The quantitative estimate of drug-likeness (QED) is 0.557. The molecule has 0 bridgehead atoms. The van der Waals surface area contributed by atoms with E-state index in [1.54, 1.807) is 11.4 Å². The van der Waals surface area contributed by atoms with Gasteiger partial charge in [-0.1, -0.05) is 62.4 Å². The topological polar surface area (TPSA) is 62.2 Å². The van der Waals surface area contributed by atoms with E-state index in [0.717, 1.165) is 43.0 Å². The number of para-hydroxylation sites is 1. The number of rotatable bonds is 9. The number of hydrogen-bond donors (Lipinski definition) is 0. The van der Waals surface area contributed by atoms with Gasteiger partial charge in [0.15, 0.2) is 0 Å². The summed E-state index contributed by atoms with van der Waals surface area (Å²) >= 11 is 0. The Labute approximate surface area is 198 Å². The van der Waals surface area contributed by atoms with E-state index in [1.165, 1.54) is 17.4 Å². The van der Waals surface area contributed by atoms with Gasteiger partial charge in [0.1, 0.15) is 0 Å². The minimum Gasteiger partial charge on any atom is -0.383 e. The fourth-order valence-corrected chi connectivity index (χ4v) is 6.25. The molecule has 2 aliphatic rings. The normalized spacial score (nSPS) is 21.1. The molecule has 6 nitrogen and oxygen atoms in total. The summed E-state index contributed by atoms with van der Waals surface area (Å²) in [5.74, 6) is 0.574. The first-order valence-corrected chi connectivity index (χ1v) is 13.6. The van der Waals surface area contributed by atoms with Crippen molar-refractivity contribution in [2.24, 2.45) is 4.99 Å². The number of nitrogens with zero attached hydrogens (tertiary/aromatic N) is 3. The van der Waals surface area contributed by atoms with Crippen molar-refractivity contribution in [3.05, 3.63) is 65.2 Å². The number of methoxy groups -OCH3 is 1. The van der Waals surface area contributed by atoms with E-state index in [4.69, 9.17) is 9.73 Å². The van der Waals surface area contributed by atoms with Crippen molar-refractivity contribution < 1.29 is 13.2 Å². The SMILES string of the molecule is COCCN(C1CCN(CC2C(c3ccccc3)=Nc3c(C(C)C)cccc32)C1)S(C)(=O)=O. The molecule has 0 saturated carbocycles. The second kappa shape index (κ2) is 10.1. The van der Waals surface area contributed by atoms with Crippen molar-refractivity contribution in [3.8, 4) is 0 Å². The predicted molar refractivity (Wildman–Crippen MR) is 134 cm³/mol. The Hall–Kier alpha value is -2.06. The second-order valence-corrected chi connectivity index (χ2v) is 11.4. The number of likely N-dealkylation sites (tertiary alicyclic amines) is 1. The van der Waals surface area contributed by atoms with Gasteiger partial charge in [-0.05, 0) is 35.6 Å². The summed E-state index contributed by atoms with van der Waals surface area (Å²) in [5.41, 5.74) is 5.95. The highest BCUT2D eigenvalue weighted by Gasteiger charge is 2.36. The summed E-state index contributed by atoms with van der Waals surface area (Å²) < 4.78 is 31.6. The molecule has 0 amide bonds. The van der Waals surface area contributed by atoms with Crippen LogP contribution >= 0.6 is 0 Å². The zero-order valence-electron chi connectivity index (χ0n) is 20.1. The van der Waals surface area contributed by atoms with E-state index in [1.807, 2.05) is 6.07 Å². The Morgan fingerprint density at radius 2 is 1.91 bits per heavy atom. The van der Waals surface area contributed by atoms with Crippen LogP contribution in [0.15, 0.2) is 53.5 Å². The Morgan fingerprint density at radius 3 is 2.58 bits per heavy atom. The number of fused-ring (bicyclic) bond motifs is 1. The van der Waals surface area contributed by atoms with Gasteiger partial charge in [0.25, 0.3) is 0 Å². The van der Waals surface area contributed by atoms with Crippen LogP contribution in [-0.4, -0.2) is 75.5 Å². The van der Waals surface area contributed by atoms with Gasteiger partial charge in [0, 0.05) is 38.7 Å². The van der Waals surface area contributed by atoms with Gasteiger partial charge >= 0.3 is 0 Å². The van der Waals surface area contributed by atoms with Crippen LogP contribution in [0.2, 0.25) is 0 Å². The van der Waals surface area contributed by atoms with Crippen molar-refractivity contribution in [1.29, 1.82) is 0 Å². The summed E-state index contributed by atoms with van der Waals surface area (Å²) in [5, 5.41) is 0. The van der Waals surface area contributed by atoms with E-state index in [-0.39, 0.29) is 12.0 Å². The molecule has 2 aliphatic heterocycles. The minimum atomic E-state index is -3.29. The second-order valence-electron chi connectivity index (χ2n) is 9.42. The van der Waals surface area contributed by atoms with Crippen molar-refractivity contribution in [2.75, 3.05) is 46.2 Å². The fourth-order valence-electron chi connectivity index (χ4n) is 5.13. The van der Waals surface area contributed by atoms with Crippen LogP contribution in [-0.2, 0) is 14.8 Å². The van der Waals surface area contributed by atoms with Crippen LogP contribution in [0.3, 0.4) is 0 Å². The van der Waals surface area contributed by atoms with Gasteiger partial charge < -0.3 is 9.64 Å². The molecule has 2 atom stereocenters. The summed E-state index contributed by atoms with van der Waals surface area (Å²) in [6.07, 6.45) is 2.13. The first-order valence-electron chi connectivity index (χ1n) is 11.7. The molecular formula is C26H35N3O3S. The summed E-state index contributed by atoms with van der Waals surface area (Å²) in [6, 6.07) is 16.9. The molecule has 0 radical (unpaired) electrons. The van der Waals surface area contributed by atoms with Crippen molar-refractivity contribution in [1.82, 2.24) is 9.21 Å². The lowest BCUT2D eigenvalue weighted by atomic mass is 9.89. The molecule has 2 aromatic rings. The highest BCUT2D eigenvalue weighted by Crippen LogP contribution is 2.43. The van der Waals surface area contributed by atoms with Crippen LogP contribution in [0.25, 0.3) is 0 Å². The molecule has 0 spiro atoms. The Kier molecular flexibility index (Phi) is 7.34.